The number of carbonyl (C=O) groups excluding carboxylic acids is 1. The van der Waals surface area contributed by atoms with Gasteiger partial charge in [0.15, 0.2) is 5.78 Å². The number of hydrogen-bond donors (Lipinski definition) is 0. The molecule has 2 aromatic heterocycles. The standard InChI is InChI=1S/C17H24N2O2/c1-3-4-11-21-12-6-5-10-19-13-16(14(2)20)15-8-7-9-18-17(15)19/h7-9,13H,3-6,10-12H2,1-2H3. The molecule has 0 aliphatic carbocycles. The average Bonchev–Trinajstić information content (AvgIpc) is 2.86. The highest BCUT2D eigenvalue weighted by Crippen LogP contribution is 2.20. The van der Waals surface area contributed by atoms with E-state index in [9.17, 15) is 4.79 Å². The third kappa shape index (κ3) is 4.14. The van der Waals surface area contributed by atoms with Gasteiger partial charge in [0.1, 0.15) is 5.65 Å². The van der Waals surface area contributed by atoms with Crippen molar-refractivity contribution in [2.24, 2.45) is 0 Å². The number of rotatable bonds is 9. The van der Waals surface area contributed by atoms with E-state index in [0.29, 0.717) is 0 Å². The van der Waals surface area contributed by atoms with Crippen molar-refractivity contribution in [3.63, 3.8) is 0 Å². The Bertz CT molecular complexity index is 589. The van der Waals surface area contributed by atoms with E-state index in [1.807, 2.05) is 18.3 Å². The Kier molecular flexibility index (Phi) is 5.93. The number of aromatic nitrogens is 2. The summed E-state index contributed by atoms with van der Waals surface area (Å²) in [6.45, 7) is 6.32. The second-order valence-electron chi connectivity index (χ2n) is 5.34. The maximum atomic E-state index is 11.7. The summed E-state index contributed by atoms with van der Waals surface area (Å²) in [5.41, 5.74) is 1.66. The lowest BCUT2D eigenvalue weighted by atomic mass is 10.2. The molecule has 0 N–H and O–H groups in total. The number of nitrogens with zero attached hydrogens (tertiary/aromatic N) is 2. The number of Topliss-reactive ketones (excluding diaryl/α,β-unsaturated/α-hetero) is 1. The van der Waals surface area contributed by atoms with Gasteiger partial charge in [-0.3, -0.25) is 4.79 Å². The van der Waals surface area contributed by atoms with Crippen LogP contribution in [0.25, 0.3) is 11.0 Å². The van der Waals surface area contributed by atoms with E-state index in [0.717, 1.165) is 55.6 Å². The van der Waals surface area contributed by atoms with E-state index in [2.05, 4.69) is 16.5 Å². The van der Waals surface area contributed by atoms with Crippen LogP contribution in [0.1, 0.15) is 49.9 Å². The second kappa shape index (κ2) is 7.93. The van der Waals surface area contributed by atoms with Crippen molar-refractivity contribution in [3.8, 4) is 0 Å². The first-order valence-electron chi connectivity index (χ1n) is 7.76. The van der Waals surface area contributed by atoms with Gasteiger partial charge >= 0.3 is 0 Å². The molecule has 2 heterocycles. The second-order valence-corrected chi connectivity index (χ2v) is 5.34. The third-order valence-electron chi connectivity index (χ3n) is 3.59. The molecule has 0 spiro atoms. The first kappa shape index (κ1) is 15.7. The van der Waals surface area contributed by atoms with Crippen LogP contribution in [-0.2, 0) is 11.3 Å². The van der Waals surface area contributed by atoms with Crippen molar-refractivity contribution in [2.75, 3.05) is 13.2 Å². The summed E-state index contributed by atoms with van der Waals surface area (Å²) in [7, 11) is 0. The topological polar surface area (TPSA) is 44.1 Å². The summed E-state index contributed by atoms with van der Waals surface area (Å²) >= 11 is 0. The van der Waals surface area contributed by atoms with Crippen LogP contribution in [0.2, 0.25) is 0 Å². The summed E-state index contributed by atoms with van der Waals surface area (Å²) in [6.07, 6.45) is 8.08. The largest absolute Gasteiger partial charge is 0.381 e. The Morgan fingerprint density at radius 1 is 1.29 bits per heavy atom. The zero-order valence-electron chi connectivity index (χ0n) is 13.0. The van der Waals surface area contributed by atoms with Crippen molar-refractivity contribution in [1.29, 1.82) is 0 Å². The number of ether oxygens (including phenoxy) is 1. The average molecular weight is 288 g/mol. The highest BCUT2D eigenvalue weighted by Gasteiger charge is 2.11. The lowest BCUT2D eigenvalue weighted by Crippen LogP contribution is -2.01. The zero-order chi connectivity index (χ0) is 15.1. The number of pyridine rings is 1. The molecule has 0 saturated carbocycles. The molecule has 0 unspecified atom stereocenters. The van der Waals surface area contributed by atoms with E-state index >= 15 is 0 Å². The van der Waals surface area contributed by atoms with Gasteiger partial charge in [-0.1, -0.05) is 13.3 Å². The Hall–Kier alpha value is -1.68. The molecule has 4 heteroatoms. The van der Waals surface area contributed by atoms with Gasteiger partial charge in [0.05, 0.1) is 0 Å². The van der Waals surface area contributed by atoms with Gasteiger partial charge in [0.2, 0.25) is 0 Å². The molecule has 0 aliphatic heterocycles. The van der Waals surface area contributed by atoms with E-state index in [1.165, 1.54) is 6.42 Å². The highest BCUT2D eigenvalue weighted by molar-refractivity contribution is 6.06. The van der Waals surface area contributed by atoms with Crippen molar-refractivity contribution in [2.45, 2.75) is 46.1 Å². The van der Waals surface area contributed by atoms with Crippen LogP contribution < -0.4 is 0 Å². The van der Waals surface area contributed by atoms with Gasteiger partial charge < -0.3 is 9.30 Å². The number of ketones is 1. The molecular formula is C17H24N2O2. The first-order valence-corrected chi connectivity index (χ1v) is 7.76. The van der Waals surface area contributed by atoms with Gasteiger partial charge in [-0.05, 0) is 38.3 Å². The molecule has 0 aliphatic rings. The third-order valence-corrected chi connectivity index (χ3v) is 3.59. The van der Waals surface area contributed by atoms with E-state index in [-0.39, 0.29) is 5.78 Å². The fourth-order valence-electron chi connectivity index (χ4n) is 2.41. The van der Waals surface area contributed by atoms with Crippen LogP contribution in [0.15, 0.2) is 24.5 Å². The summed E-state index contributed by atoms with van der Waals surface area (Å²) in [5.74, 6) is 0.0923. The molecule has 0 fully saturated rings. The predicted octanol–water partition coefficient (Wildman–Crippen LogP) is 3.84. The molecule has 114 valence electrons. The minimum atomic E-state index is 0.0923. The molecule has 0 radical (unpaired) electrons. The van der Waals surface area contributed by atoms with Gasteiger partial charge in [0.25, 0.3) is 0 Å². The van der Waals surface area contributed by atoms with Gasteiger partial charge in [-0.2, -0.15) is 0 Å². The molecule has 21 heavy (non-hydrogen) atoms. The van der Waals surface area contributed by atoms with Crippen LogP contribution in [0.5, 0.6) is 0 Å². The zero-order valence-corrected chi connectivity index (χ0v) is 13.0. The monoisotopic (exact) mass is 288 g/mol. The molecule has 0 aromatic carbocycles. The smallest absolute Gasteiger partial charge is 0.162 e. The summed E-state index contributed by atoms with van der Waals surface area (Å²) in [5, 5.41) is 0.948. The molecule has 0 bridgehead atoms. The minimum Gasteiger partial charge on any atom is -0.381 e. The van der Waals surface area contributed by atoms with Crippen LogP contribution in [0.4, 0.5) is 0 Å². The van der Waals surface area contributed by atoms with Crippen LogP contribution >= 0.6 is 0 Å². The summed E-state index contributed by atoms with van der Waals surface area (Å²) < 4.78 is 7.65. The fourth-order valence-corrected chi connectivity index (χ4v) is 2.41. The molecule has 0 saturated heterocycles. The lowest BCUT2D eigenvalue weighted by molar-refractivity contribution is 0.101. The number of hydrogen-bond acceptors (Lipinski definition) is 3. The Labute approximate surface area is 126 Å². The normalized spacial score (nSPS) is 11.1. The quantitative estimate of drug-likeness (QED) is 0.520. The van der Waals surface area contributed by atoms with Crippen LogP contribution in [-0.4, -0.2) is 28.5 Å². The number of aryl methyl sites for hydroxylation is 1. The number of fused-ring (bicyclic) bond motifs is 1. The Balaban J connectivity index is 1.92. The first-order chi connectivity index (χ1) is 10.2. The Morgan fingerprint density at radius 3 is 2.86 bits per heavy atom. The summed E-state index contributed by atoms with van der Waals surface area (Å²) in [6, 6.07) is 3.84. The minimum absolute atomic E-state index is 0.0923. The molecular weight excluding hydrogens is 264 g/mol. The number of carbonyl (C=O) groups is 1. The van der Waals surface area contributed by atoms with E-state index < -0.39 is 0 Å². The fraction of sp³-hybridized carbons (Fsp3) is 0.529. The summed E-state index contributed by atoms with van der Waals surface area (Å²) in [4.78, 5) is 16.1. The molecule has 0 atom stereocenters. The molecule has 2 aromatic rings. The molecule has 4 nitrogen and oxygen atoms in total. The molecule has 2 rings (SSSR count). The highest BCUT2D eigenvalue weighted by atomic mass is 16.5. The van der Waals surface area contributed by atoms with Gasteiger partial charge in [-0.25, -0.2) is 4.98 Å². The number of unbranched alkanes of at least 4 members (excludes halogenated alkanes) is 2. The maximum Gasteiger partial charge on any atom is 0.162 e. The van der Waals surface area contributed by atoms with Gasteiger partial charge in [0, 0.05) is 43.1 Å². The SMILES string of the molecule is CCCCOCCCCn1cc(C(C)=O)c2cccnc21. The predicted molar refractivity (Wildman–Crippen MR) is 84.7 cm³/mol. The van der Waals surface area contributed by atoms with Crippen molar-refractivity contribution < 1.29 is 9.53 Å². The van der Waals surface area contributed by atoms with Crippen LogP contribution in [0.3, 0.4) is 0 Å². The van der Waals surface area contributed by atoms with E-state index in [4.69, 9.17) is 4.74 Å². The van der Waals surface area contributed by atoms with Crippen LogP contribution in [0, 0.1) is 0 Å². The lowest BCUT2D eigenvalue weighted by Gasteiger charge is -2.05. The van der Waals surface area contributed by atoms with Crippen molar-refractivity contribution >= 4 is 16.8 Å². The van der Waals surface area contributed by atoms with E-state index in [1.54, 1.807) is 13.1 Å². The Morgan fingerprint density at radius 2 is 2.10 bits per heavy atom. The van der Waals surface area contributed by atoms with Crippen molar-refractivity contribution in [3.05, 3.63) is 30.1 Å². The van der Waals surface area contributed by atoms with Crippen molar-refractivity contribution in [1.82, 2.24) is 9.55 Å². The maximum absolute atomic E-state index is 11.7. The molecule has 0 amide bonds. The van der Waals surface area contributed by atoms with Gasteiger partial charge in [-0.15, -0.1) is 0 Å².